The molecular weight excluding hydrogens is 1250 g/mol. The van der Waals surface area contributed by atoms with Gasteiger partial charge in [-0.1, -0.05) is 80.6 Å². The fraction of sp³-hybridized carbons (Fsp3) is 0.0690. The molecule has 0 aliphatic rings. The number of anilines is 9. The molecule has 91 heavy (non-hydrogen) atoms. The molecule has 0 aliphatic carbocycles. The number of nitrogens with one attached hydrogen (secondary N) is 6. The van der Waals surface area contributed by atoms with Crippen LogP contribution in [0.15, 0.2) is 162 Å². The Morgan fingerprint density at radius 2 is 0.813 bits per heavy atom. The average molecular weight is 1300 g/mol. The molecule has 9 aromatic rings. The number of nitrogens with two attached hydrogens (primary N) is 3. The number of amides is 6. The van der Waals surface area contributed by atoms with E-state index in [2.05, 4.69) is 91.8 Å². The third kappa shape index (κ3) is 19.8. The quantitative estimate of drug-likeness (QED) is 0.0268. The van der Waals surface area contributed by atoms with Gasteiger partial charge in [0.1, 0.15) is 109 Å². The van der Waals surface area contributed by atoms with Crippen LogP contribution in [0.2, 0.25) is 15.1 Å². The van der Waals surface area contributed by atoms with Gasteiger partial charge in [-0.05, 0) is 78.9 Å². The highest BCUT2D eigenvalue weighted by Crippen LogP contribution is 2.35. The zero-order valence-corrected chi connectivity index (χ0v) is 50.1. The van der Waals surface area contributed by atoms with E-state index >= 15 is 0 Å². The van der Waals surface area contributed by atoms with Gasteiger partial charge >= 0.3 is 18.1 Å². The minimum absolute atomic E-state index is 0.0395. The summed E-state index contributed by atoms with van der Waals surface area (Å²) >= 11 is 18.8. The largest absolute Gasteiger partial charge is 0.495 e. The molecule has 9 rings (SSSR count). The zero-order valence-electron chi connectivity index (χ0n) is 47.8. The minimum atomic E-state index is -0.655. The maximum Gasteiger partial charge on any atom is 0.323 e. The molecule has 0 bridgehead atoms. The van der Waals surface area contributed by atoms with Gasteiger partial charge in [0.15, 0.2) is 0 Å². The number of ether oxygens (including phenoxy) is 4. The van der Waals surface area contributed by atoms with Crippen molar-refractivity contribution in [3.63, 3.8) is 0 Å². The van der Waals surface area contributed by atoms with E-state index in [9.17, 15) is 23.2 Å². The average Bonchev–Trinajstić information content (AvgIpc) is 1.59. The second-order valence-electron chi connectivity index (χ2n) is 17.3. The van der Waals surface area contributed by atoms with Crippen LogP contribution in [0.5, 0.6) is 40.6 Å². The number of para-hydroxylation sites is 3. The van der Waals surface area contributed by atoms with Crippen LogP contribution >= 0.6 is 34.8 Å². The number of methoxy groups -OCH3 is 1. The highest BCUT2D eigenvalue weighted by Gasteiger charge is 2.17. The molecule has 0 saturated carbocycles. The Kier molecular flexibility index (Phi) is 24.4. The Labute approximate surface area is 530 Å². The first-order valence-corrected chi connectivity index (χ1v) is 26.9. The lowest BCUT2D eigenvalue weighted by Gasteiger charge is -2.13. The summed E-state index contributed by atoms with van der Waals surface area (Å²) in [5, 5.41) is 27.0. The summed E-state index contributed by atoms with van der Waals surface area (Å²) in [5.41, 5.74) is 20.3. The van der Waals surface area contributed by atoms with E-state index in [1.807, 2.05) is 0 Å². The SMILES string of the molecule is CO/N=C/c1c(N)ncnc1Oc1ccc(NC(=O)Nc2cccc(F)c2)c(Cl)c1.CO/N=C/c1c(N)ncnc1Oc1ccc(NC(=O)Nc2ccccc2F)c(Cl)c1.CO/N=C/c1c(N)ncnc1Oc1ccc(NC(=O)Nc2ccccc2OC)c(Cl)c1. The number of carbonyl (C=O) groups excluding carboxylic acids is 3. The number of rotatable bonds is 19. The molecule has 0 spiro atoms. The summed E-state index contributed by atoms with van der Waals surface area (Å²) in [4.78, 5) is 74.3. The molecule has 0 radical (unpaired) electrons. The standard InChI is InChI=1S/C20H19ClN6O4.2C19H16ClFN6O3/c1-29-17-6-4-3-5-16(17)27-20(28)26-15-8-7-12(9-14(15)21)31-19-13(10-25-30-2)18(22)23-11-24-19;1-29-25-9-14-17(22)23-10-24-18(14)30-13-5-6-16(15(20)8-13)27-19(28)26-12-4-2-3-11(21)7-12;1-29-25-9-12-17(22)23-10-24-18(12)30-11-6-7-15(13(20)8-11)26-19(28)27-16-5-3-2-4-14(16)21/h3-11H,1-2H3,(H2,22,23,24)(H2,26,27,28);2*2-10H,1H3,(H2,22,23,24)(H2,26,27,28)/b25-10+;2*25-9+. The van der Waals surface area contributed by atoms with Crippen molar-refractivity contribution in [1.82, 2.24) is 29.9 Å². The molecule has 3 aromatic heterocycles. The van der Waals surface area contributed by atoms with Crippen LogP contribution in [0.3, 0.4) is 0 Å². The first-order chi connectivity index (χ1) is 43.9. The molecule has 0 atom stereocenters. The van der Waals surface area contributed by atoms with Crippen molar-refractivity contribution in [2.24, 2.45) is 15.5 Å². The van der Waals surface area contributed by atoms with Gasteiger partial charge in [0, 0.05) is 23.9 Å². The number of nitrogens with zero attached hydrogens (tertiary/aromatic N) is 9. The van der Waals surface area contributed by atoms with Gasteiger partial charge in [0.25, 0.3) is 0 Å². The third-order valence-corrected chi connectivity index (χ3v) is 12.2. The molecule has 6 aromatic carbocycles. The molecule has 12 N–H and O–H groups in total. The van der Waals surface area contributed by atoms with Crippen LogP contribution in [0.4, 0.5) is 74.7 Å². The predicted molar refractivity (Wildman–Crippen MR) is 341 cm³/mol. The first-order valence-electron chi connectivity index (χ1n) is 25.8. The smallest absolute Gasteiger partial charge is 0.323 e. The number of carbonyl (C=O) groups is 3. The Bertz CT molecular complexity index is 4120. The maximum atomic E-state index is 13.6. The van der Waals surface area contributed by atoms with Crippen molar-refractivity contribution in [2.45, 2.75) is 0 Å². The lowest BCUT2D eigenvalue weighted by atomic mass is 10.3. The van der Waals surface area contributed by atoms with Crippen molar-refractivity contribution >= 4 is 123 Å². The van der Waals surface area contributed by atoms with Gasteiger partial charge in [0.05, 0.1) is 69.3 Å². The van der Waals surface area contributed by atoms with Crippen molar-refractivity contribution < 1.29 is 56.6 Å². The maximum absolute atomic E-state index is 13.6. The van der Waals surface area contributed by atoms with Crippen LogP contribution in [0.25, 0.3) is 0 Å². The second kappa shape index (κ2) is 33.3. The Morgan fingerprint density at radius 1 is 0.440 bits per heavy atom. The third-order valence-electron chi connectivity index (χ3n) is 11.3. The molecule has 6 amide bonds. The number of oxime groups is 3. The number of halogens is 5. The van der Waals surface area contributed by atoms with E-state index in [0.29, 0.717) is 68.1 Å². The second-order valence-corrected chi connectivity index (χ2v) is 18.6. The minimum Gasteiger partial charge on any atom is -0.495 e. The summed E-state index contributed by atoms with van der Waals surface area (Å²) in [6.45, 7) is 0. The topological polar surface area (TPSA) is 380 Å². The van der Waals surface area contributed by atoms with Crippen molar-refractivity contribution in [1.29, 1.82) is 0 Å². The number of benzene rings is 6. The molecule has 0 unspecified atom stereocenters. The van der Waals surface area contributed by atoms with Gasteiger partial charge < -0.3 is 82.6 Å². The van der Waals surface area contributed by atoms with Gasteiger partial charge in [-0.2, -0.15) is 0 Å². The fourth-order valence-electron chi connectivity index (χ4n) is 7.13. The predicted octanol–water partition coefficient (Wildman–Crippen LogP) is 12.7. The number of nitrogen functional groups attached to an aromatic ring is 3. The lowest BCUT2D eigenvalue weighted by Crippen LogP contribution is -2.20. The molecule has 0 fully saturated rings. The summed E-state index contributed by atoms with van der Waals surface area (Å²) in [7, 11) is 5.68. The van der Waals surface area contributed by atoms with E-state index < -0.39 is 29.7 Å². The number of urea groups is 3. The number of hydrogen-bond donors (Lipinski definition) is 9. The molecular formula is C58H51Cl3F2N18O10. The fourth-order valence-corrected chi connectivity index (χ4v) is 7.78. The van der Waals surface area contributed by atoms with Crippen LogP contribution in [0.1, 0.15) is 16.7 Å². The molecule has 0 saturated heterocycles. The first kappa shape index (κ1) is 66.6. The van der Waals surface area contributed by atoms with Crippen LogP contribution in [0, 0.1) is 11.6 Å². The normalized spacial score (nSPS) is 10.6. The Balaban J connectivity index is 0.000000194. The van der Waals surface area contributed by atoms with Gasteiger partial charge in [0.2, 0.25) is 17.6 Å². The van der Waals surface area contributed by atoms with Crippen LogP contribution in [-0.4, -0.2) is 95.1 Å². The summed E-state index contributed by atoms with van der Waals surface area (Å²) in [6.07, 6.45) is 7.70. The van der Waals surface area contributed by atoms with E-state index in [1.165, 1.54) is 133 Å². The van der Waals surface area contributed by atoms with Crippen LogP contribution in [-0.2, 0) is 14.5 Å². The summed E-state index contributed by atoms with van der Waals surface area (Å²) in [6, 6.07) is 30.5. The highest BCUT2D eigenvalue weighted by atomic mass is 35.5. The van der Waals surface area contributed by atoms with Gasteiger partial charge in [-0.25, -0.2) is 53.1 Å². The zero-order chi connectivity index (χ0) is 65.2. The monoisotopic (exact) mass is 1300 g/mol. The number of aromatic nitrogens is 6. The van der Waals surface area contributed by atoms with E-state index in [-0.39, 0.29) is 55.8 Å². The Hall–Kier alpha value is -11.9. The molecule has 0 aliphatic heterocycles. The van der Waals surface area contributed by atoms with Gasteiger partial charge in [-0.3, -0.25) is 0 Å². The van der Waals surface area contributed by atoms with Crippen molar-refractivity contribution in [3.05, 3.63) is 190 Å². The summed E-state index contributed by atoms with van der Waals surface area (Å²) < 4.78 is 49.2. The Morgan fingerprint density at radius 3 is 1.20 bits per heavy atom. The summed E-state index contributed by atoms with van der Waals surface area (Å²) in [5.74, 6) is 1.45. The van der Waals surface area contributed by atoms with Crippen LogP contribution < -0.4 is 68.0 Å². The van der Waals surface area contributed by atoms with E-state index in [1.54, 1.807) is 60.7 Å². The van der Waals surface area contributed by atoms with Crippen molar-refractivity contribution in [2.75, 3.05) is 77.5 Å². The van der Waals surface area contributed by atoms with E-state index in [0.717, 1.165) is 0 Å². The van der Waals surface area contributed by atoms with E-state index in [4.69, 9.17) is 71.0 Å². The number of hydrogen-bond acceptors (Lipinski definition) is 22. The van der Waals surface area contributed by atoms with Crippen molar-refractivity contribution in [3.8, 4) is 40.6 Å². The highest BCUT2D eigenvalue weighted by molar-refractivity contribution is 6.35. The molecule has 28 nitrogen and oxygen atoms in total. The lowest BCUT2D eigenvalue weighted by molar-refractivity contribution is 0.215. The van der Waals surface area contributed by atoms with Gasteiger partial charge in [-0.15, -0.1) is 0 Å². The molecule has 468 valence electrons. The molecule has 3 heterocycles. The molecule has 33 heteroatoms.